The molecular formula is C10H21Na. The Morgan fingerprint density at radius 2 is 1.27 bits per heavy atom. The van der Waals surface area contributed by atoms with Gasteiger partial charge in [-0.1, -0.05) is 51.9 Å². The monoisotopic (exact) mass is 164 g/mol. The fraction of sp³-hybridized carbons (Fsp3) is 0.900. The van der Waals surface area contributed by atoms with Crippen molar-refractivity contribution >= 4 is 0 Å². The largest absolute Gasteiger partial charge is 1.00 e. The minimum absolute atomic E-state index is 0. The molecule has 0 amide bonds. The molecule has 0 nitrogen and oxygen atoms in total. The van der Waals surface area contributed by atoms with Gasteiger partial charge in [0.05, 0.1) is 0 Å². The van der Waals surface area contributed by atoms with E-state index in [-0.39, 0.29) is 29.6 Å². The summed E-state index contributed by atoms with van der Waals surface area (Å²) < 4.78 is 0. The maximum Gasteiger partial charge on any atom is 1.00 e. The van der Waals surface area contributed by atoms with Crippen molar-refractivity contribution in [1.82, 2.24) is 0 Å². The molecule has 0 aliphatic rings. The molecule has 0 aliphatic carbocycles. The molecule has 62 valence electrons. The molecule has 0 aromatic heterocycles. The molecule has 0 unspecified atom stereocenters. The molecule has 0 aliphatic heterocycles. The van der Waals surface area contributed by atoms with Crippen LogP contribution in [0.4, 0.5) is 0 Å². The molecular weight excluding hydrogens is 143 g/mol. The second kappa shape index (κ2) is 13.6. The fourth-order valence-corrected chi connectivity index (χ4v) is 1.13. The molecule has 0 atom stereocenters. The summed E-state index contributed by atoms with van der Waals surface area (Å²) in [5, 5.41) is 0. The van der Waals surface area contributed by atoms with Crippen LogP contribution in [0.3, 0.4) is 0 Å². The van der Waals surface area contributed by atoms with Crippen molar-refractivity contribution in [1.29, 1.82) is 0 Å². The van der Waals surface area contributed by atoms with Crippen molar-refractivity contribution < 1.29 is 29.6 Å². The Morgan fingerprint density at radius 1 is 0.818 bits per heavy atom. The zero-order valence-electron chi connectivity index (χ0n) is 8.36. The van der Waals surface area contributed by atoms with Gasteiger partial charge in [0.15, 0.2) is 0 Å². The Morgan fingerprint density at radius 3 is 1.73 bits per heavy atom. The smallest absolute Gasteiger partial charge is 0.343 e. The van der Waals surface area contributed by atoms with Gasteiger partial charge in [0.25, 0.3) is 0 Å². The van der Waals surface area contributed by atoms with Gasteiger partial charge in [0.1, 0.15) is 0 Å². The van der Waals surface area contributed by atoms with Gasteiger partial charge in [-0.3, -0.25) is 0 Å². The van der Waals surface area contributed by atoms with Crippen LogP contribution in [-0.4, -0.2) is 0 Å². The third-order valence-electron chi connectivity index (χ3n) is 1.85. The maximum atomic E-state index is 3.82. The third-order valence-corrected chi connectivity index (χ3v) is 1.85. The van der Waals surface area contributed by atoms with Crippen LogP contribution in [0.5, 0.6) is 0 Å². The van der Waals surface area contributed by atoms with E-state index in [1.807, 2.05) is 0 Å². The molecule has 0 saturated carbocycles. The van der Waals surface area contributed by atoms with Crippen LogP contribution in [0.25, 0.3) is 0 Å². The maximum absolute atomic E-state index is 3.82. The first kappa shape index (κ1) is 14.5. The first-order valence-electron chi connectivity index (χ1n) is 4.71. The van der Waals surface area contributed by atoms with Crippen molar-refractivity contribution in [2.24, 2.45) is 0 Å². The molecule has 0 heterocycles. The summed E-state index contributed by atoms with van der Waals surface area (Å²) in [7, 11) is 0. The molecule has 0 rings (SSSR count). The molecule has 1 heteroatoms. The van der Waals surface area contributed by atoms with Gasteiger partial charge in [-0.25, -0.2) is 0 Å². The number of unbranched alkanes of at least 4 members (excludes halogenated alkanes) is 7. The number of rotatable bonds is 7. The van der Waals surface area contributed by atoms with Crippen LogP contribution >= 0.6 is 0 Å². The van der Waals surface area contributed by atoms with E-state index in [9.17, 15) is 0 Å². The number of hydrogen-bond donors (Lipinski definition) is 0. The molecule has 11 heavy (non-hydrogen) atoms. The minimum Gasteiger partial charge on any atom is -0.343 e. The summed E-state index contributed by atoms with van der Waals surface area (Å²) in [4.78, 5) is 0. The van der Waals surface area contributed by atoms with Crippen molar-refractivity contribution in [3.63, 3.8) is 0 Å². The van der Waals surface area contributed by atoms with Crippen molar-refractivity contribution in [3.8, 4) is 0 Å². The SMILES string of the molecule is [CH2-]CCCCCCCCC.[Na+]. The molecule has 0 aromatic rings. The van der Waals surface area contributed by atoms with E-state index in [0.29, 0.717) is 0 Å². The summed E-state index contributed by atoms with van der Waals surface area (Å²) in [6.07, 6.45) is 10.9. The fourth-order valence-electron chi connectivity index (χ4n) is 1.13. The molecule has 0 spiro atoms. The van der Waals surface area contributed by atoms with Gasteiger partial charge in [0.2, 0.25) is 0 Å². The Balaban J connectivity index is 0. The van der Waals surface area contributed by atoms with Crippen LogP contribution < -0.4 is 29.6 Å². The topological polar surface area (TPSA) is 0 Å². The second-order valence-electron chi connectivity index (χ2n) is 2.97. The predicted octanol–water partition coefficient (Wildman–Crippen LogP) is 0.965. The number of hydrogen-bond acceptors (Lipinski definition) is 0. The normalized spacial score (nSPS) is 9.27. The summed E-state index contributed by atoms with van der Waals surface area (Å²) in [6.45, 7) is 6.08. The quantitative estimate of drug-likeness (QED) is 0.299. The molecule has 0 bridgehead atoms. The van der Waals surface area contributed by atoms with E-state index in [4.69, 9.17) is 0 Å². The van der Waals surface area contributed by atoms with E-state index in [2.05, 4.69) is 13.8 Å². The molecule has 0 fully saturated rings. The van der Waals surface area contributed by atoms with E-state index in [0.717, 1.165) is 6.42 Å². The van der Waals surface area contributed by atoms with Gasteiger partial charge >= 0.3 is 29.6 Å². The summed E-state index contributed by atoms with van der Waals surface area (Å²) in [6, 6.07) is 0. The summed E-state index contributed by atoms with van der Waals surface area (Å²) >= 11 is 0. The Hall–Kier alpha value is 1.00. The average molecular weight is 164 g/mol. The zero-order valence-corrected chi connectivity index (χ0v) is 10.4. The Labute approximate surface area is 94.4 Å². The Bertz CT molecular complexity index is 44.8. The predicted molar refractivity (Wildman–Crippen MR) is 48.0 cm³/mol. The first-order chi connectivity index (χ1) is 4.91. The van der Waals surface area contributed by atoms with E-state index < -0.39 is 0 Å². The Kier molecular flexibility index (Phi) is 17.9. The van der Waals surface area contributed by atoms with Crippen LogP contribution in [0.1, 0.15) is 58.3 Å². The minimum atomic E-state index is 0. The summed E-state index contributed by atoms with van der Waals surface area (Å²) in [5.41, 5.74) is 0. The first-order valence-corrected chi connectivity index (χ1v) is 4.71. The molecule has 0 saturated heterocycles. The van der Waals surface area contributed by atoms with E-state index >= 15 is 0 Å². The van der Waals surface area contributed by atoms with Gasteiger partial charge in [0, 0.05) is 0 Å². The van der Waals surface area contributed by atoms with Gasteiger partial charge in [-0.05, 0) is 0 Å². The summed E-state index contributed by atoms with van der Waals surface area (Å²) in [5.74, 6) is 0. The van der Waals surface area contributed by atoms with Gasteiger partial charge in [-0.2, -0.15) is 6.42 Å². The van der Waals surface area contributed by atoms with Gasteiger partial charge < -0.3 is 6.92 Å². The standard InChI is InChI=1S/C10H21.Na/c1-3-5-7-9-10-8-6-4-2;/h1,3-10H2,2H3;/q-1;+1. The zero-order chi connectivity index (χ0) is 7.66. The van der Waals surface area contributed by atoms with Crippen LogP contribution in [-0.2, 0) is 0 Å². The molecule has 0 aromatic carbocycles. The van der Waals surface area contributed by atoms with Crippen molar-refractivity contribution in [2.45, 2.75) is 58.3 Å². The third kappa shape index (κ3) is 13.9. The van der Waals surface area contributed by atoms with Crippen molar-refractivity contribution in [2.75, 3.05) is 0 Å². The van der Waals surface area contributed by atoms with Crippen molar-refractivity contribution in [3.05, 3.63) is 6.92 Å². The van der Waals surface area contributed by atoms with Gasteiger partial charge in [-0.15, -0.1) is 0 Å². The van der Waals surface area contributed by atoms with Crippen LogP contribution in [0, 0.1) is 6.92 Å². The average Bonchev–Trinajstić information content (AvgIpc) is 1.97. The van der Waals surface area contributed by atoms with Crippen LogP contribution in [0.2, 0.25) is 0 Å². The van der Waals surface area contributed by atoms with E-state index in [1.54, 1.807) is 0 Å². The molecule has 0 N–H and O–H groups in total. The molecule has 0 radical (unpaired) electrons. The van der Waals surface area contributed by atoms with E-state index in [1.165, 1.54) is 44.9 Å². The second-order valence-corrected chi connectivity index (χ2v) is 2.97. The van der Waals surface area contributed by atoms with Crippen LogP contribution in [0.15, 0.2) is 0 Å².